The molecule has 0 radical (unpaired) electrons. The van der Waals surface area contributed by atoms with Crippen LogP contribution in [0.4, 0.5) is 5.69 Å². The van der Waals surface area contributed by atoms with Crippen molar-refractivity contribution in [2.75, 3.05) is 18.0 Å². The van der Waals surface area contributed by atoms with Crippen LogP contribution in [0, 0.1) is 0 Å². The first kappa shape index (κ1) is 16.6. The van der Waals surface area contributed by atoms with E-state index in [1.807, 2.05) is 0 Å². The normalized spacial score (nSPS) is 16.1. The molecule has 21 heavy (non-hydrogen) atoms. The molecule has 0 unspecified atom stereocenters. The molecular formula is C18H29ClN2. The lowest BCUT2D eigenvalue weighted by atomic mass is 9.93. The predicted octanol–water partition coefficient (Wildman–Crippen LogP) is 5.00. The number of nitrogens with one attached hydrogen (secondary N) is 1. The minimum atomic E-state index is 0.672. The van der Waals surface area contributed by atoms with Gasteiger partial charge in [0, 0.05) is 19.1 Å². The smallest absolute Gasteiger partial charge is 0.0642 e. The van der Waals surface area contributed by atoms with Gasteiger partial charge in [-0.3, -0.25) is 0 Å². The molecule has 0 atom stereocenters. The summed E-state index contributed by atoms with van der Waals surface area (Å²) in [5, 5.41) is 4.33. The summed E-state index contributed by atoms with van der Waals surface area (Å²) < 4.78 is 0. The third-order valence-electron chi connectivity index (χ3n) is 4.43. The number of anilines is 1. The number of hydrogen-bond donors (Lipinski definition) is 1. The van der Waals surface area contributed by atoms with Crippen LogP contribution in [-0.2, 0) is 6.54 Å². The summed E-state index contributed by atoms with van der Waals surface area (Å²) in [6, 6.07) is 7.23. The second-order valence-corrected chi connectivity index (χ2v) is 6.45. The van der Waals surface area contributed by atoms with Crippen molar-refractivity contribution in [2.45, 2.75) is 65.0 Å². The molecular weight excluding hydrogens is 280 g/mol. The Hall–Kier alpha value is -0.730. The highest BCUT2D eigenvalue weighted by molar-refractivity contribution is 6.33. The van der Waals surface area contributed by atoms with Gasteiger partial charge < -0.3 is 10.2 Å². The monoisotopic (exact) mass is 308 g/mol. The maximum Gasteiger partial charge on any atom is 0.0642 e. The predicted molar refractivity (Wildman–Crippen MR) is 93.3 cm³/mol. The molecule has 2 nitrogen and oxygen atoms in total. The van der Waals surface area contributed by atoms with E-state index < -0.39 is 0 Å². The van der Waals surface area contributed by atoms with Gasteiger partial charge in [0.2, 0.25) is 0 Å². The van der Waals surface area contributed by atoms with Gasteiger partial charge in [-0.05, 0) is 50.4 Å². The number of halogens is 1. The Morgan fingerprint density at radius 1 is 1.19 bits per heavy atom. The zero-order valence-electron chi connectivity index (χ0n) is 13.5. The quantitative estimate of drug-likeness (QED) is 0.713. The van der Waals surface area contributed by atoms with Crippen molar-refractivity contribution in [3.8, 4) is 0 Å². The summed E-state index contributed by atoms with van der Waals surface area (Å²) in [5.41, 5.74) is 2.49. The van der Waals surface area contributed by atoms with Gasteiger partial charge in [0.1, 0.15) is 0 Å². The van der Waals surface area contributed by atoms with Crippen LogP contribution in [0.15, 0.2) is 18.2 Å². The Morgan fingerprint density at radius 3 is 2.57 bits per heavy atom. The minimum absolute atomic E-state index is 0.672. The van der Waals surface area contributed by atoms with Gasteiger partial charge in [0.05, 0.1) is 10.7 Å². The Morgan fingerprint density at radius 2 is 1.95 bits per heavy atom. The second-order valence-electron chi connectivity index (χ2n) is 6.04. The van der Waals surface area contributed by atoms with E-state index in [0.717, 1.165) is 31.1 Å². The van der Waals surface area contributed by atoms with Crippen LogP contribution in [-0.4, -0.2) is 19.1 Å². The van der Waals surface area contributed by atoms with E-state index in [1.165, 1.54) is 43.4 Å². The summed E-state index contributed by atoms with van der Waals surface area (Å²) in [4.78, 5) is 2.50. The molecule has 1 fully saturated rings. The maximum atomic E-state index is 6.57. The minimum Gasteiger partial charge on any atom is -0.368 e. The molecule has 0 aliphatic heterocycles. The van der Waals surface area contributed by atoms with Gasteiger partial charge in [-0.1, -0.05) is 43.9 Å². The zero-order chi connectivity index (χ0) is 15.1. The highest BCUT2D eigenvalue weighted by atomic mass is 35.5. The lowest BCUT2D eigenvalue weighted by molar-refractivity contribution is 0.418. The summed E-state index contributed by atoms with van der Waals surface area (Å²) in [6.07, 6.45) is 7.89. The Kier molecular flexibility index (Phi) is 6.85. The highest BCUT2D eigenvalue weighted by Gasteiger charge is 2.21. The lowest BCUT2D eigenvalue weighted by Gasteiger charge is -2.36. The number of nitrogens with zero attached hydrogens (tertiary/aromatic N) is 1. The molecule has 1 N–H and O–H groups in total. The van der Waals surface area contributed by atoms with Gasteiger partial charge in [0.25, 0.3) is 0 Å². The molecule has 1 aromatic rings. The molecule has 118 valence electrons. The molecule has 0 aromatic heterocycles. The molecule has 1 aliphatic rings. The van der Waals surface area contributed by atoms with Gasteiger partial charge in [-0.2, -0.15) is 0 Å². The molecule has 1 aliphatic carbocycles. The summed E-state index contributed by atoms with van der Waals surface area (Å²) >= 11 is 6.57. The average Bonchev–Trinajstić information content (AvgIpc) is 2.51. The molecule has 3 heteroatoms. The van der Waals surface area contributed by atoms with Crippen molar-refractivity contribution in [3.05, 3.63) is 28.8 Å². The second kappa shape index (κ2) is 8.65. The SMILES string of the molecule is CCCNCc1ccc(N(CC)C2CCCCC2)c(Cl)c1. The lowest BCUT2D eigenvalue weighted by Crippen LogP contribution is -2.36. The fraction of sp³-hybridized carbons (Fsp3) is 0.667. The van der Waals surface area contributed by atoms with Crippen molar-refractivity contribution in [3.63, 3.8) is 0 Å². The van der Waals surface area contributed by atoms with Crippen LogP contribution in [0.2, 0.25) is 5.02 Å². The van der Waals surface area contributed by atoms with E-state index >= 15 is 0 Å². The van der Waals surface area contributed by atoms with Crippen LogP contribution in [0.1, 0.15) is 57.9 Å². The van der Waals surface area contributed by atoms with Gasteiger partial charge in [-0.25, -0.2) is 0 Å². The summed E-state index contributed by atoms with van der Waals surface area (Å²) in [5.74, 6) is 0. The first-order chi connectivity index (χ1) is 10.3. The van der Waals surface area contributed by atoms with Crippen molar-refractivity contribution in [1.82, 2.24) is 5.32 Å². The number of rotatable bonds is 7. The van der Waals surface area contributed by atoms with Crippen LogP contribution in [0.25, 0.3) is 0 Å². The average molecular weight is 309 g/mol. The largest absolute Gasteiger partial charge is 0.368 e. The molecule has 0 amide bonds. The van der Waals surface area contributed by atoms with E-state index in [4.69, 9.17) is 11.6 Å². The van der Waals surface area contributed by atoms with E-state index in [1.54, 1.807) is 0 Å². The molecule has 0 heterocycles. The van der Waals surface area contributed by atoms with E-state index in [-0.39, 0.29) is 0 Å². The molecule has 2 rings (SSSR count). The van der Waals surface area contributed by atoms with Gasteiger partial charge in [0.15, 0.2) is 0 Å². The van der Waals surface area contributed by atoms with Crippen molar-refractivity contribution in [2.24, 2.45) is 0 Å². The standard InChI is InChI=1S/C18H29ClN2/c1-3-12-20-14-15-10-11-18(17(19)13-15)21(4-2)16-8-6-5-7-9-16/h10-11,13,16,20H,3-9,12,14H2,1-2H3. The third kappa shape index (κ3) is 4.62. The Balaban J connectivity index is 2.06. The zero-order valence-corrected chi connectivity index (χ0v) is 14.3. The fourth-order valence-electron chi connectivity index (χ4n) is 3.32. The van der Waals surface area contributed by atoms with Crippen LogP contribution in [0.3, 0.4) is 0 Å². The Bertz CT molecular complexity index is 427. The van der Waals surface area contributed by atoms with Crippen molar-refractivity contribution >= 4 is 17.3 Å². The Labute approximate surface area is 134 Å². The van der Waals surface area contributed by atoms with Crippen LogP contribution in [0.5, 0.6) is 0 Å². The van der Waals surface area contributed by atoms with Gasteiger partial charge >= 0.3 is 0 Å². The fourth-order valence-corrected chi connectivity index (χ4v) is 3.63. The molecule has 1 saturated carbocycles. The van der Waals surface area contributed by atoms with Gasteiger partial charge in [-0.15, -0.1) is 0 Å². The summed E-state index contributed by atoms with van der Waals surface area (Å²) in [6.45, 7) is 7.43. The van der Waals surface area contributed by atoms with Crippen LogP contribution < -0.4 is 10.2 Å². The van der Waals surface area contributed by atoms with Crippen molar-refractivity contribution < 1.29 is 0 Å². The van der Waals surface area contributed by atoms with E-state index in [2.05, 4.69) is 42.3 Å². The van der Waals surface area contributed by atoms with Crippen LogP contribution >= 0.6 is 11.6 Å². The van der Waals surface area contributed by atoms with E-state index in [0.29, 0.717) is 6.04 Å². The molecule has 0 saturated heterocycles. The topological polar surface area (TPSA) is 15.3 Å². The maximum absolute atomic E-state index is 6.57. The first-order valence-corrected chi connectivity index (χ1v) is 8.89. The molecule has 0 spiro atoms. The highest BCUT2D eigenvalue weighted by Crippen LogP contribution is 2.32. The molecule has 1 aromatic carbocycles. The number of benzene rings is 1. The first-order valence-electron chi connectivity index (χ1n) is 8.52. The summed E-state index contributed by atoms with van der Waals surface area (Å²) in [7, 11) is 0. The number of hydrogen-bond acceptors (Lipinski definition) is 2. The van der Waals surface area contributed by atoms with Crippen molar-refractivity contribution in [1.29, 1.82) is 0 Å². The molecule has 0 bridgehead atoms. The van der Waals surface area contributed by atoms with E-state index in [9.17, 15) is 0 Å². The third-order valence-corrected chi connectivity index (χ3v) is 4.74.